The van der Waals surface area contributed by atoms with Gasteiger partial charge >= 0.3 is 18.2 Å². The Kier molecular flexibility index (Phi) is 8.53. The van der Waals surface area contributed by atoms with Gasteiger partial charge in [-0.1, -0.05) is 72.8 Å². The van der Waals surface area contributed by atoms with E-state index in [0.29, 0.717) is 0 Å². The van der Waals surface area contributed by atoms with Crippen molar-refractivity contribution in [3.8, 4) is 0 Å². The van der Waals surface area contributed by atoms with E-state index in [4.69, 9.17) is 9.47 Å². The molecule has 7 nitrogen and oxygen atoms in total. The molecular weight excluding hydrogens is 513 g/mol. The van der Waals surface area contributed by atoms with Gasteiger partial charge in [0, 0.05) is 12.8 Å². The van der Waals surface area contributed by atoms with Crippen LogP contribution in [-0.2, 0) is 51.2 Å². The Morgan fingerprint density at radius 3 is 2.31 bits per heavy atom. The van der Waals surface area contributed by atoms with E-state index in [0.717, 1.165) is 35.9 Å². The summed E-state index contributed by atoms with van der Waals surface area (Å²) < 4.78 is 49.8. The first-order valence-electron chi connectivity index (χ1n) is 12.2. The van der Waals surface area contributed by atoms with E-state index >= 15 is 0 Å². The number of alkyl halides is 3. The van der Waals surface area contributed by atoms with Gasteiger partial charge in [-0.15, -0.1) is 0 Å². The monoisotopic (exact) mass is 540 g/mol. The minimum Gasteiger partial charge on any atom is -0.467 e. The molecule has 1 aliphatic rings. The lowest BCUT2D eigenvalue weighted by molar-refractivity contribution is -0.145. The third kappa shape index (κ3) is 6.95. The number of ether oxygens (including phenoxy) is 2. The molecule has 2 atom stereocenters. The molecular formula is C29H27F3N2O5. The number of halogens is 3. The Morgan fingerprint density at radius 2 is 1.62 bits per heavy atom. The number of esters is 1. The van der Waals surface area contributed by atoms with Crippen LogP contribution in [0, 0.1) is 0 Å². The van der Waals surface area contributed by atoms with Gasteiger partial charge in [-0.3, -0.25) is 9.69 Å². The number of nitrogens with one attached hydrogen (secondary N) is 1. The Labute approximate surface area is 223 Å². The summed E-state index contributed by atoms with van der Waals surface area (Å²) in [7, 11) is 1.12. The zero-order chi connectivity index (χ0) is 28.0. The number of benzene rings is 3. The summed E-state index contributed by atoms with van der Waals surface area (Å²) in [6.45, 7) is 0.116. The minimum atomic E-state index is -4.56. The van der Waals surface area contributed by atoms with Crippen LogP contribution in [0.4, 0.5) is 18.0 Å². The fourth-order valence-electron chi connectivity index (χ4n) is 4.47. The molecule has 0 saturated carbocycles. The van der Waals surface area contributed by atoms with Crippen LogP contribution in [0.15, 0.2) is 78.9 Å². The van der Waals surface area contributed by atoms with Crippen LogP contribution in [0.25, 0.3) is 0 Å². The van der Waals surface area contributed by atoms with E-state index in [1.807, 2.05) is 42.5 Å². The van der Waals surface area contributed by atoms with Crippen LogP contribution in [-0.4, -0.2) is 42.1 Å². The molecule has 0 fully saturated rings. The second-order valence-corrected chi connectivity index (χ2v) is 9.14. The molecule has 2 amide bonds. The van der Waals surface area contributed by atoms with Crippen LogP contribution in [0.1, 0.15) is 27.8 Å². The Hall–Kier alpha value is -4.34. The molecule has 0 saturated heterocycles. The van der Waals surface area contributed by atoms with E-state index in [1.54, 1.807) is 12.1 Å². The fraction of sp³-hybridized carbons (Fsp3) is 0.276. The highest BCUT2D eigenvalue weighted by Crippen LogP contribution is 2.30. The number of rotatable bonds is 7. The molecule has 0 aliphatic carbocycles. The van der Waals surface area contributed by atoms with E-state index < -0.39 is 41.8 Å². The average Bonchev–Trinajstić information content (AvgIpc) is 2.94. The highest BCUT2D eigenvalue weighted by atomic mass is 19.4. The van der Waals surface area contributed by atoms with Crippen molar-refractivity contribution >= 4 is 18.0 Å². The lowest BCUT2D eigenvalue weighted by atomic mass is 9.93. The third-order valence-corrected chi connectivity index (χ3v) is 6.49. The first-order chi connectivity index (χ1) is 18.7. The zero-order valence-corrected chi connectivity index (χ0v) is 21.1. The van der Waals surface area contributed by atoms with Gasteiger partial charge in [-0.05, 0) is 28.3 Å². The van der Waals surface area contributed by atoms with Crippen molar-refractivity contribution in [2.75, 3.05) is 7.11 Å². The summed E-state index contributed by atoms with van der Waals surface area (Å²) in [5.41, 5.74) is 1.81. The van der Waals surface area contributed by atoms with Crippen molar-refractivity contribution in [2.45, 2.75) is 44.3 Å². The van der Waals surface area contributed by atoms with Crippen molar-refractivity contribution in [1.29, 1.82) is 0 Å². The van der Waals surface area contributed by atoms with Gasteiger partial charge in [0.2, 0.25) is 5.91 Å². The number of hydrogen-bond donors (Lipinski definition) is 1. The first-order valence-corrected chi connectivity index (χ1v) is 12.2. The molecule has 0 spiro atoms. The van der Waals surface area contributed by atoms with Gasteiger partial charge in [0.15, 0.2) is 0 Å². The number of hydrogen-bond acceptors (Lipinski definition) is 5. The lowest BCUT2D eigenvalue weighted by Gasteiger charge is -2.35. The van der Waals surface area contributed by atoms with Crippen LogP contribution < -0.4 is 5.32 Å². The van der Waals surface area contributed by atoms with Gasteiger partial charge in [0.25, 0.3) is 0 Å². The Balaban J connectivity index is 1.54. The Morgan fingerprint density at radius 1 is 0.949 bits per heavy atom. The smallest absolute Gasteiger partial charge is 0.416 e. The molecule has 0 unspecified atom stereocenters. The lowest BCUT2D eigenvalue weighted by Crippen LogP contribution is -2.56. The van der Waals surface area contributed by atoms with Crippen molar-refractivity contribution in [3.63, 3.8) is 0 Å². The maximum Gasteiger partial charge on any atom is 0.416 e. The SMILES string of the molecule is COC(=O)[C@@H](Cc1cccc(C(F)(F)F)c1)NC(=O)[C@@H]1Cc2ccccc2CN1C(=O)OCc1ccccc1. The van der Waals surface area contributed by atoms with Gasteiger partial charge in [0.1, 0.15) is 18.7 Å². The standard InChI is InChI=1S/C29H27F3N2O5/c1-38-27(36)24(15-20-10-7-13-23(14-20)29(30,31)32)33-26(35)25-16-21-11-5-6-12-22(21)17-34(25)28(37)39-18-19-8-3-2-4-9-19/h2-14,24-25H,15-18H2,1H3,(H,33,35)/t24-,25+/m1/s1. The molecule has 10 heteroatoms. The van der Waals surface area contributed by atoms with Crippen molar-refractivity contribution in [2.24, 2.45) is 0 Å². The van der Waals surface area contributed by atoms with Crippen LogP contribution >= 0.6 is 0 Å². The number of fused-ring (bicyclic) bond motifs is 1. The van der Waals surface area contributed by atoms with Crippen LogP contribution in [0.5, 0.6) is 0 Å². The molecule has 0 bridgehead atoms. The van der Waals surface area contributed by atoms with Gasteiger partial charge in [-0.2, -0.15) is 13.2 Å². The van der Waals surface area contributed by atoms with E-state index in [1.165, 1.54) is 17.0 Å². The van der Waals surface area contributed by atoms with Crippen LogP contribution in [0.3, 0.4) is 0 Å². The highest BCUT2D eigenvalue weighted by molar-refractivity contribution is 5.90. The normalized spacial score (nSPS) is 15.6. The Bertz CT molecular complexity index is 1330. The largest absolute Gasteiger partial charge is 0.467 e. The van der Waals surface area contributed by atoms with Crippen molar-refractivity contribution in [1.82, 2.24) is 10.2 Å². The summed E-state index contributed by atoms with van der Waals surface area (Å²) in [5.74, 6) is -1.47. The molecule has 4 rings (SSSR count). The minimum absolute atomic E-state index is 0.00644. The van der Waals surface area contributed by atoms with Gasteiger partial charge in [-0.25, -0.2) is 9.59 Å². The molecule has 204 valence electrons. The number of carbonyl (C=O) groups is 3. The van der Waals surface area contributed by atoms with Crippen LogP contribution in [0.2, 0.25) is 0 Å². The predicted octanol–water partition coefficient (Wildman–Crippen LogP) is 4.67. The highest BCUT2D eigenvalue weighted by Gasteiger charge is 2.37. The second-order valence-electron chi connectivity index (χ2n) is 9.14. The van der Waals surface area contributed by atoms with Gasteiger partial charge < -0.3 is 14.8 Å². The number of carbonyl (C=O) groups excluding carboxylic acids is 3. The summed E-state index contributed by atoms with van der Waals surface area (Å²) in [6.07, 6.45) is -5.33. The summed E-state index contributed by atoms with van der Waals surface area (Å²) in [5, 5.41) is 2.59. The van der Waals surface area contributed by atoms with Crippen molar-refractivity contribution < 1.29 is 37.0 Å². The molecule has 39 heavy (non-hydrogen) atoms. The summed E-state index contributed by atoms with van der Waals surface area (Å²) in [6, 6.07) is 18.6. The second kappa shape index (κ2) is 12.0. The molecule has 3 aromatic carbocycles. The summed E-state index contributed by atoms with van der Waals surface area (Å²) >= 11 is 0. The molecule has 1 N–H and O–H groups in total. The molecule has 0 aromatic heterocycles. The first kappa shape index (κ1) is 27.7. The number of amides is 2. The van der Waals surface area contributed by atoms with Gasteiger partial charge in [0.05, 0.1) is 19.2 Å². The average molecular weight is 541 g/mol. The summed E-state index contributed by atoms with van der Waals surface area (Å²) in [4.78, 5) is 40.4. The maximum absolute atomic E-state index is 13.5. The molecule has 0 radical (unpaired) electrons. The number of nitrogens with zero attached hydrogens (tertiary/aromatic N) is 1. The topological polar surface area (TPSA) is 84.9 Å². The number of methoxy groups -OCH3 is 1. The molecule has 1 aliphatic heterocycles. The molecule has 1 heterocycles. The third-order valence-electron chi connectivity index (χ3n) is 6.49. The quantitative estimate of drug-likeness (QED) is 0.441. The van der Waals surface area contributed by atoms with E-state index in [2.05, 4.69) is 5.32 Å². The van der Waals surface area contributed by atoms with E-state index in [-0.39, 0.29) is 31.6 Å². The maximum atomic E-state index is 13.5. The zero-order valence-electron chi connectivity index (χ0n) is 21.1. The predicted molar refractivity (Wildman–Crippen MR) is 135 cm³/mol. The molecule has 3 aromatic rings. The van der Waals surface area contributed by atoms with E-state index in [9.17, 15) is 27.6 Å². The van der Waals surface area contributed by atoms with Crippen molar-refractivity contribution in [3.05, 3.63) is 107 Å². The fourth-order valence-corrected chi connectivity index (χ4v) is 4.47.